The Labute approximate surface area is 191 Å². The zero-order valence-corrected chi connectivity index (χ0v) is 18.2. The number of benzene rings is 3. The average molecular weight is 483 g/mol. The molecule has 4 rings (SSSR count). The van der Waals surface area contributed by atoms with Crippen LogP contribution in [0.4, 0.5) is 11.4 Å². The summed E-state index contributed by atoms with van der Waals surface area (Å²) >= 11 is 0. The van der Waals surface area contributed by atoms with Crippen molar-refractivity contribution in [2.75, 3.05) is 0 Å². The molecule has 3 aromatic carbocycles. The molecular formula is C20H15N6O7S+. The van der Waals surface area contributed by atoms with Crippen molar-refractivity contribution in [1.29, 1.82) is 0 Å². The number of aryl methyl sites for hydroxylation is 1. The molecule has 0 aliphatic carbocycles. The van der Waals surface area contributed by atoms with Crippen LogP contribution in [0.15, 0.2) is 71.6 Å². The molecule has 0 saturated carbocycles. The summed E-state index contributed by atoms with van der Waals surface area (Å²) in [5, 5.41) is 31.4. The second kappa shape index (κ2) is 8.42. The van der Waals surface area contributed by atoms with Crippen molar-refractivity contribution in [1.82, 2.24) is 15.0 Å². The lowest BCUT2D eigenvalue weighted by Gasteiger charge is -2.01. The number of hydrogen-bond acceptors (Lipinski definition) is 8. The Morgan fingerprint density at radius 3 is 2.26 bits per heavy atom. The molecule has 0 amide bonds. The van der Waals surface area contributed by atoms with Crippen LogP contribution in [0.25, 0.3) is 22.8 Å². The maximum atomic E-state index is 11.9. The highest BCUT2D eigenvalue weighted by Crippen LogP contribution is 2.27. The fraction of sp³-hybridized carbons (Fsp3) is 0.0500. The molecular weight excluding hydrogens is 468 g/mol. The fourth-order valence-electron chi connectivity index (χ4n) is 3.21. The molecule has 14 heteroatoms. The molecule has 1 aromatic heterocycles. The molecule has 0 unspecified atom stereocenters. The molecule has 0 fully saturated rings. The SMILES string of the molecule is Cc1ccc(-n2nc(-c3ccccc3S(=O)(=O)O)n[n+]2-c2ccc([N+](=O)[O-])cc2[N+](=O)[O-])cc1. The highest BCUT2D eigenvalue weighted by atomic mass is 32.2. The Hall–Kier alpha value is -4.56. The zero-order valence-electron chi connectivity index (χ0n) is 17.3. The third kappa shape index (κ3) is 4.22. The van der Waals surface area contributed by atoms with Crippen molar-refractivity contribution in [2.45, 2.75) is 11.8 Å². The van der Waals surface area contributed by atoms with Crippen LogP contribution in [0.2, 0.25) is 0 Å². The fourth-order valence-corrected chi connectivity index (χ4v) is 3.90. The first-order valence-corrected chi connectivity index (χ1v) is 11.0. The van der Waals surface area contributed by atoms with Crippen molar-refractivity contribution in [2.24, 2.45) is 0 Å². The lowest BCUT2D eigenvalue weighted by atomic mass is 10.2. The van der Waals surface area contributed by atoms with Crippen molar-refractivity contribution >= 4 is 21.5 Å². The van der Waals surface area contributed by atoms with Gasteiger partial charge in [0.25, 0.3) is 21.5 Å². The molecule has 0 atom stereocenters. The number of nitro benzene ring substituents is 2. The Morgan fingerprint density at radius 1 is 0.971 bits per heavy atom. The van der Waals surface area contributed by atoms with Crippen LogP contribution >= 0.6 is 0 Å². The van der Waals surface area contributed by atoms with Gasteiger partial charge in [-0.1, -0.05) is 29.8 Å². The third-order valence-corrected chi connectivity index (χ3v) is 5.72. The maximum absolute atomic E-state index is 11.9. The minimum absolute atomic E-state index is 0.0471. The van der Waals surface area contributed by atoms with E-state index in [2.05, 4.69) is 10.2 Å². The predicted octanol–water partition coefficient (Wildman–Crippen LogP) is 2.58. The molecule has 4 aromatic rings. The molecule has 0 aliphatic rings. The van der Waals surface area contributed by atoms with Gasteiger partial charge in [-0.2, -0.15) is 8.42 Å². The van der Waals surface area contributed by atoms with Gasteiger partial charge >= 0.3 is 11.5 Å². The van der Waals surface area contributed by atoms with Crippen LogP contribution in [0, 0.1) is 27.2 Å². The lowest BCUT2D eigenvalue weighted by Crippen LogP contribution is -2.43. The minimum atomic E-state index is -4.64. The van der Waals surface area contributed by atoms with Crippen LogP contribution in [0.3, 0.4) is 0 Å². The average Bonchev–Trinajstić information content (AvgIpc) is 3.23. The van der Waals surface area contributed by atoms with Crippen molar-refractivity contribution in [3.8, 4) is 22.8 Å². The van der Waals surface area contributed by atoms with E-state index in [4.69, 9.17) is 0 Å². The van der Waals surface area contributed by atoms with Gasteiger partial charge in [-0.15, -0.1) is 0 Å². The summed E-state index contributed by atoms with van der Waals surface area (Å²) in [5.41, 5.74) is 0.0346. The van der Waals surface area contributed by atoms with Gasteiger partial charge in [0.2, 0.25) is 0 Å². The summed E-state index contributed by atoms with van der Waals surface area (Å²) in [4.78, 5) is 23.0. The van der Waals surface area contributed by atoms with E-state index in [-0.39, 0.29) is 17.1 Å². The normalized spacial score (nSPS) is 11.4. The second-order valence-electron chi connectivity index (χ2n) is 7.10. The van der Waals surface area contributed by atoms with E-state index in [0.29, 0.717) is 5.69 Å². The molecule has 34 heavy (non-hydrogen) atoms. The highest BCUT2D eigenvalue weighted by molar-refractivity contribution is 7.86. The number of nitro groups is 2. The van der Waals surface area contributed by atoms with Gasteiger partial charge in [0.15, 0.2) is 0 Å². The standard InChI is InChI=1S/C20H14N6O7S/c1-13-6-8-14(9-7-13)23-21-20(16-4-2-3-5-19(16)34(31,32)33)22-24(23)17-11-10-15(25(27)28)12-18(17)26(29)30/h2-12H,1H3/p+1. The quantitative estimate of drug-likeness (QED) is 0.187. The van der Waals surface area contributed by atoms with Crippen LogP contribution < -0.4 is 4.80 Å². The van der Waals surface area contributed by atoms with E-state index in [1.807, 2.05) is 6.92 Å². The smallest absolute Gasteiger partial charge is 0.282 e. The molecule has 0 spiro atoms. The number of hydrogen-bond donors (Lipinski definition) is 1. The molecule has 0 radical (unpaired) electrons. The monoisotopic (exact) mass is 483 g/mol. The van der Waals surface area contributed by atoms with Gasteiger partial charge in [-0.05, 0) is 41.1 Å². The number of rotatable bonds is 6. The van der Waals surface area contributed by atoms with E-state index in [1.54, 1.807) is 24.3 Å². The lowest BCUT2D eigenvalue weighted by molar-refractivity contribution is -0.736. The van der Waals surface area contributed by atoms with Gasteiger partial charge in [-0.25, -0.2) is 0 Å². The van der Waals surface area contributed by atoms with Gasteiger partial charge in [-0.3, -0.25) is 24.8 Å². The molecule has 13 nitrogen and oxygen atoms in total. The van der Waals surface area contributed by atoms with Gasteiger partial charge in [0.1, 0.15) is 10.6 Å². The number of nitrogens with zero attached hydrogens (tertiary/aromatic N) is 6. The van der Waals surface area contributed by atoms with Gasteiger partial charge in [0.05, 0.1) is 26.6 Å². The van der Waals surface area contributed by atoms with Crippen molar-refractivity contribution < 1.29 is 27.6 Å². The zero-order chi connectivity index (χ0) is 24.6. The summed E-state index contributed by atoms with van der Waals surface area (Å²) in [6.45, 7) is 1.86. The van der Waals surface area contributed by atoms with Crippen molar-refractivity contribution in [3.63, 3.8) is 0 Å². The summed E-state index contributed by atoms with van der Waals surface area (Å²) in [7, 11) is -4.64. The summed E-state index contributed by atoms with van der Waals surface area (Å²) in [6.07, 6.45) is 0. The highest BCUT2D eigenvalue weighted by Gasteiger charge is 2.33. The summed E-state index contributed by atoms with van der Waals surface area (Å²) < 4.78 is 33.4. The van der Waals surface area contributed by atoms with Crippen molar-refractivity contribution in [3.05, 3.63) is 92.5 Å². The summed E-state index contributed by atoms with van der Waals surface area (Å²) in [6, 6.07) is 15.3. The largest absolute Gasteiger partial charge is 0.341 e. The van der Waals surface area contributed by atoms with Crippen LogP contribution in [-0.4, -0.2) is 37.8 Å². The molecule has 1 heterocycles. The molecule has 1 N–H and O–H groups in total. The Kier molecular flexibility index (Phi) is 5.60. The van der Waals surface area contributed by atoms with Crippen LogP contribution in [0.1, 0.15) is 5.56 Å². The van der Waals surface area contributed by atoms with Gasteiger partial charge < -0.3 is 0 Å². The predicted molar refractivity (Wildman–Crippen MR) is 116 cm³/mol. The maximum Gasteiger partial charge on any atom is 0.341 e. The van der Waals surface area contributed by atoms with Gasteiger partial charge in [0, 0.05) is 16.9 Å². The molecule has 172 valence electrons. The molecule has 0 aliphatic heterocycles. The second-order valence-corrected chi connectivity index (χ2v) is 8.49. The first-order chi connectivity index (χ1) is 16.1. The molecule has 0 bridgehead atoms. The topological polar surface area (TPSA) is 175 Å². The minimum Gasteiger partial charge on any atom is -0.282 e. The number of non-ortho nitro benzene ring substituents is 1. The Bertz CT molecular complexity index is 1550. The first-order valence-electron chi connectivity index (χ1n) is 9.53. The van der Waals surface area contributed by atoms with E-state index < -0.39 is 36.2 Å². The van der Waals surface area contributed by atoms with Crippen LogP contribution in [0.5, 0.6) is 0 Å². The Balaban J connectivity index is 2.03. The van der Waals surface area contributed by atoms with E-state index in [0.717, 1.165) is 34.6 Å². The van der Waals surface area contributed by atoms with Crippen LogP contribution in [-0.2, 0) is 10.1 Å². The van der Waals surface area contributed by atoms with E-state index in [9.17, 15) is 33.2 Å². The third-order valence-electron chi connectivity index (χ3n) is 4.81. The van der Waals surface area contributed by atoms with E-state index in [1.165, 1.54) is 23.0 Å². The van der Waals surface area contributed by atoms with E-state index >= 15 is 0 Å². The number of aromatic nitrogens is 4. The Morgan fingerprint density at radius 2 is 1.65 bits per heavy atom. The summed E-state index contributed by atoms with van der Waals surface area (Å²) in [5.74, 6) is -0.165. The first kappa shape index (κ1) is 22.6. The molecule has 0 saturated heterocycles. The number of tetrazole rings is 1.